The van der Waals surface area contributed by atoms with Crippen LogP contribution in [0.25, 0.3) is 0 Å². The molecule has 0 aromatic heterocycles. The van der Waals surface area contributed by atoms with Crippen molar-refractivity contribution < 1.29 is 32.3 Å². The van der Waals surface area contributed by atoms with Crippen molar-refractivity contribution >= 4 is 16.1 Å². The molecule has 2 N–H and O–H groups in total. The normalized spacial score (nSPS) is 22.9. The van der Waals surface area contributed by atoms with E-state index in [0.717, 1.165) is 5.56 Å². The average molecular weight is 563 g/mol. The third kappa shape index (κ3) is 10.3. The standard InChI is InChI=1S/C31H46O7S/c1-22(2)19-20-31(4,5)29(33)18-17-25-26(11-9-7-8-10-12-30(34)37-6)28(21-27(25)32)38-39(35,36)24-15-13-23(3)14-16-24/h7,9,13-19,25-29,32-33H,8,10-12,20-21H2,1-6H3/t25-,26-,27-,28-,29+/m1/s1. The number of esters is 1. The molecule has 1 fully saturated rings. The van der Waals surface area contributed by atoms with Gasteiger partial charge in [-0.05, 0) is 69.9 Å². The Morgan fingerprint density at radius 1 is 1.18 bits per heavy atom. The van der Waals surface area contributed by atoms with Gasteiger partial charge in [0.2, 0.25) is 0 Å². The van der Waals surface area contributed by atoms with Gasteiger partial charge < -0.3 is 14.9 Å². The maximum Gasteiger partial charge on any atom is 0.305 e. The summed E-state index contributed by atoms with van der Waals surface area (Å²) in [5.74, 6) is -0.966. The number of hydrogen-bond acceptors (Lipinski definition) is 7. The highest BCUT2D eigenvalue weighted by Crippen LogP contribution is 2.40. The second-order valence-electron chi connectivity index (χ2n) is 11.4. The van der Waals surface area contributed by atoms with Crippen molar-refractivity contribution in [3.63, 3.8) is 0 Å². The van der Waals surface area contributed by atoms with E-state index >= 15 is 0 Å². The number of ether oxygens (including phenoxy) is 1. The van der Waals surface area contributed by atoms with E-state index in [4.69, 9.17) is 4.18 Å². The molecule has 5 atom stereocenters. The number of allylic oxidation sites excluding steroid dienone is 4. The molecule has 0 heterocycles. The smallest absolute Gasteiger partial charge is 0.305 e. The van der Waals surface area contributed by atoms with Crippen LogP contribution in [0, 0.1) is 24.2 Å². The van der Waals surface area contributed by atoms with Gasteiger partial charge in [0.15, 0.2) is 0 Å². The van der Waals surface area contributed by atoms with Gasteiger partial charge in [-0.25, -0.2) is 0 Å². The number of carbonyl (C=O) groups is 1. The lowest BCUT2D eigenvalue weighted by molar-refractivity contribution is -0.140. The number of carbonyl (C=O) groups excluding carboxylic acids is 1. The lowest BCUT2D eigenvalue weighted by Gasteiger charge is -2.28. The summed E-state index contributed by atoms with van der Waals surface area (Å²) >= 11 is 0. The van der Waals surface area contributed by atoms with E-state index in [1.54, 1.807) is 18.2 Å². The first-order valence-corrected chi connectivity index (χ1v) is 15.1. The topological polar surface area (TPSA) is 110 Å². The molecule has 8 heteroatoms. The summed E-state index contributed by atoms with van der Waals surface area (Å²) in [4.78, 5) is 11.4. The number of aliphatic hydroxyl groups excluding tert-OH is 2. The van der Waals surface area contributed by atoms with Crippen LogP contribution in [0.4, 0.5) is 0 Å². The van der Waals surface area contributed by atoms with Gasteiger partial charge in [0.05, 0.1) is 30.3 Å². The third-order valence-corrected chi connectivity index (χ3v) is 8.71. The van der Waals surface area contributed by atoms with Crippen LogP contribution >= 0.6 is 0 Å². The summed E-state index contributed by atoms with van der Waals surface area (Å²) in [5.41, 5.74) is 1.72. The molecule has 0 unspecified atom stereocenters. The Balaban J connectivity index is 2.22. The molecule has 0 aliphatic heterocycles. The second-order valence-corrected chi connectivity index (χ2v) is 13.0. The van der Waals surface area contributed by atoms with Crippen molar-refractivity contribution in [1.29, 1.82) is 0 Å². The molecule has 1 aromatic carbocycles. The van der Waals surface area contributed by atoms with Crippen molar-refractivity contribution in [1.82, 2.24) is 0 Å². The highest BCUT2D eigenvalue weighted by Gasteiger charge is 2.43. The Bertz CT molecular complexity index is 1110. The van der Waals surface area contributed by atoms with Crippen LogP contribution in [0.2, 0.25) is 0 Å². The van der Waals surface area contributed by atoms with E-state index in [2.05, 4.69) is 10.8 Å². The predicted octanol–water partition coefficient (Wildman–Crippen LogP) is 5.66. The molecule has 0 amide bonds. The fourth-order valence-corrected chi connectivity index (χ4v) is 5.76. The Morgan fingerprint density at radius 2 is 1.85 bits per heavy atom. The number of unbranched alkanes of at least 4 members (excludes halogenated alkanes) is 1. The molecule has 39 heavy (non-hydrogen) atoms. The highest BCUT2D eigenvalue weighted by molar-refractivity contribution is 7.86. The zero-order valence-electron chi connectivity index (χ0n) is 24.2. The third-order valence-electron chi connectivity index (χ3n) is 7.36. The van der Waals surface area contributed by atoms with Gasteiger partial charge in [-0.2, -0.15) is 8.42 Å². The highest BCUT2D eigenvalue weighted by atomic mass is 32.2. The fourth-order valence-electron chi connectivity index (χ4n) is 4.64. The van der Waals surface area contributed by atoms with Crippen molar-refractivity contribution in [2.24, 2.45) is 17.3 Å². The molecule has 0 saturated heterocycles. The number of methoxy groups -OCH3 is 1. The van der Waals surface area contributed by atoms with Gasteiger partial charge in [-0.3, -0.25) is 8.98 Å². The van der Waals surface area contributed by atoms with E-state index in [0.29, 0.717) is 32.1 Å². The zero-order chi connectivity index (χ0) is 29.2. The molecule has 0 bridgehead atoms. The number of benzene rings is 1. The molecule has 1 saturated carbocycles. The largest absolute Gasteiger partial charge is 0.469 e. The molecule has 218 valence electrons. The van der Waals surface area contributed by atoms with E-state index in [1.807, 2.05) is 52.8 Å². The summed E-state index contributed by atoms with van der Waals surface area (Å²) < 4.78 is 36.5. The number of rotatable bonds is 14. The van der Waals surface area contributed by atoms with Crippen LogP contribution in [0.1, 0.15) is 71.8 Å². The van der Waals surface area contributed by atoms with Crippen LogP contribution in [0.15, 0.2) is 65.1 Å². The first-order valence-electron chi connectivity index (χ1n) is 13.7. The fraction of sp³-hybridized carbons (Fsp3) is 0.581. The van der Waals surface area contributed by atoms with Crippen molar-refractivity contribution in [3.8, 4) is 0 Å². The Hall–Kier alpha value is -2.26. The Labute approximate surface area is 234 Å². The van der Waals surface area contributed by atoms with Gasteiger partial charge in [0.1, 0.15) is 0 Å². The van der Waals surface area contributed by atoms with Gasteiger partial charge in [-0.1, -0.05) is 67.5 Å². The van der Waals surface area contributed by atoms with Crippen LogP contribution in [-0.2, 0) is 23.8 Å². The van der Waals surface area contributed by atoms with E-state index < -0.39 is 39.8 Å². The number of aryl methyl sites for hydroxylation is 1. The van der Waals surface area contributed by atoms with Gasteiger partial charge in [0.25, 0.3) is 10.1 Å². The number of aliphatic hydroxyl groups is 2. The van der Waals surface area contributed by atoms with Crippen LogP contribution in [-0.4, -0.2) is 50.0 Å². The molecular formula is C31H46O7S. The maximum atomic E-state index is 13.1. The van der Waals surface area contributed by atoms with Crippen molar-refractivity contribution in [3.05, 3.63) is 65.8 Å². The zero-order valence-corrected chi connectivity index (χ0v) is 25.0. The maximum absolute atomic E-state index is 13.1. The van der Waals surface area contributed by atoms with Crippen molar-refractivity contribution in [2.45, 2.75) is 96.4 Å². The molecule has 1 aromatic rings. The first-order chi connectivity index (χ1) is 18.3. The summed E-state index contributed by atoms with van der Waals surface area (Å²) in [5, 5.41) is 21.9. The minimum Gasteiger partial charge on any atom is -0.469 e. The van der Waals surface area contributed by atoms with E-state index in [9.17, 15) is 23.4 Å². The van der Waals surface area contributed by atoms with Gasteiger partial charge >= 0.3 is 5.97 Å². The van der Waals surface area contributed by atoms with Crippen molar-refractivity contribution in [2.75, 3.05) is 7.11 Å². The van der Waals surface area contributed by atoms with E-state index in [1.165, 1.54) is 24.8 Å². The molecule has 1 aliphatic carbocycles. The van der Waals surface area contributed by atoms with E-state index in [-0.39, 0.29) is 23.2 Å². The quantitative estimate of drug-likeness (QED) is 0.130. The van der Waals surface area contributed by atoms with Crippen LogP contribution in [0.5, 0.6) is 0 Å². The minimum atomic E-state index is -4.03. The monoisotopic (exact) mass is 562 g/mol. The van der Waals surface area contributed by atoms with Crippen LogP contribution < -0.4 is 0 Å². The Kier molecular flexibility index (Phi) is 12.6. The summed E-state index contributed by atoms with van der Waals surface area (Å²) in [6.07, 6.45) is 10.2. The minimum absolute atomic E-state index is 0.0788. The molecule has 7 nitrogen and oxygen atoms in total. The lowest BCUT2D eigenvalue weighted by atomic mass is 9.81. The molecule has 0 radical (unpaired) electrons. The second kappa shape index (κ2) is 14.9. The van der Waals surface area contributed by atoms with Crippen LogP contribution in [0.3, 0.4) is 0 Å². The molecule has 2 rings (SSSR count). The average Bonchev–Trinajstić information content (AvgIpc) is 3.16. The molecule has 0 spiro atoms. The SMILES string of the molecule is COC(=O)CCCC=CC[C@@H]1[C@@H](C=C[C@H](O)C(C)(C)CC=C(C)C)[C@H](O)C[C@H]1OS(=O)(=O)c1ccc(C)cc1. The van der Waals surface area contributed by atoms with Gasteiger partial charge in [-0.15, -0.1) is 0 Å². The summed E-state index contributed by atoms with van der Waals surface area (Å²) in [6, 6.07) is 6.49. The first kappa shape index (κ1) is 32.9. The Morgan fingerprint density at radius 3 is 2.46 bits per heavy atom. The van der Waals surface area contributed by atoms with Gasteiger partial charge in [0, 0.05) is 18.8 Å². The molecule has 1 aliphatic rings. The number of hydrogen-bond donors (Lipinski definition) is 2. The summed E-state index contributed by atoms with van der Waals surface area (Å²) in [7, 11) is -2.67. The molecular weight excluding hydrogens is 516 g/mol. The lowest BCUT2D eigenvalue weighted by Crippen LogP contribution is -2.28. The summed E-state index contributed by atoms with van der Waals surface area (Å²) in [6.45, 7) is 9.89. The predicted molar refractivity (Wildman–Crippen MR) is 153 cm³/mol.